The lowest BCUT2D eigenvalue weighted by Crippen LogP contribution is -2.10. The maximum absolute atomic E-state index is 5.47. The molecule has 5 heteroatoms. The largest absolute Gasteiger partial charge is 0.324 e. The Morgan fingerprint density at radius 2 is 2.50 bits per heavy atom. The third kappa shape index (κ3) is 2.49. The summed E-state index contributed by atoms with van der Waals surface area (Å²) in [5.41, 5.74) is 5.47. The molecule has 1 aromatic rings. The Kier molecular flexibility index (Phi) is 4.10. The van der Waals surface area contributed by atoms with Crippen LogP contribution in [0, 0.1) is 0 Å². The van der Waals surface area contributed by atoms with Crippen LogP contribution in [0.1, 0.15) is 12.2 Å². The van der Waals surface area contributed by atoms with E-state index >= 15 is 0 Å². The fourth-order valence-corrected chi connectivity index (χ4v) is 1.41. The number of rotatable bonds is 5. The lowest BCUT2D eigenvalue weighted by atomic mass is 10.5. The molecule has 0 aliphatic heterocycles. The van der Waals surface area contributed by atoms with Gasteiger partial charge in [0.25, 0.3) is 0 Å². The molecule has 68 valence electrons. The zero-order valence-corrected chi connectivity index (χ0v) is 8.05. The second kappa shape index (κ2) is 5.16. The van der Waals surface area contributed by atoms with Crippen LogP contribution in [0.4, 0.5) is 0 Å². The quantitative estimate of drug-likeness (QED) is 0.680. The van der Waals surface area contributed by atoms with Gasteiger partial charge in [-0.25, -0.2) is 9.67 Å². The van der Waals surface area contributed by atoms with Gasteiger partial charge in [0.2, 0.25) is 0 Å². The molecule has 0 radical (unpaired) electrons. The van der Waals surface area contributed by atoms with Crippen molar-refractivity contribution >= 4 is 11.8 Å². The average Bonchev–Trinajstić information content (AvgIpc) is 2.52. The van der Waals surface area contributed by atoms with Crippen LogP contribution in [-0.2, 0) is 13.1 Å². The number of thioether (sulfide) groups is 1. The number of hydrogen-bond acceptors (Lipinski definition) is 4. The first-order chi connectivity index (χ1) is 5.88. The van der Waals surface area contributed by atoms with Crippen molar-refractivity contribution in [1.29, 1.82) is 0 Å². The number of nitrogens with two attached hydrogens (primary N) is 1. The summed E-state index contributed by atoms with van der Waals surface area (Å²) >= 11 is 1.84. The van der Waals surface area contributed by atoms with E-state index in [2.05, 4.69) is 16.3 Å². The molecule has 0 aromatic carbocycles. The topological polar surface area (TPSA) is 56.7 Å². The van der Waals surface area contributed by atoms with Gasteiger partial charge < -0.3 is 5.73 Å². The second-order valence-corrected chi connectivity index (χ2v) is 3.44. The highest BCUT2D eigenvalue weighted by Crippen LogP contribution is 1.99. The second-order valence-electron chi connectivity index (χ2n) is 2.45. The molecule has 4 nitrogen and oxygen atoms in total. The minimum Gasteiger partial charge on any atom is -0.324 e. The van der Waals surface area contributed by atoms with Crippen LogP contribution in [0.15, 0.2) is 6.33 Å². The normalized spacial score (nSPS) is 10.5. The van der Waals surface area contributed by atoms with Gasteiger partial charge in [-0.1, -0.05) is 0 Å². The predicted octanol–water partition coefficient (Wildman–Crippen LogP) is 0.490. The standard InChI is InChI=1S/C7H14N4S/c1-12-4-2-3-11-7(5-8)9-6-10-11/h6H,2-5,8H2,1H3. The first-order valence-corrected chi connectivity index (χ1v) is 5.33. The fourth-order valence-electron chi connectivity index (χ4n) is 0.992. The van der Waals surface area contributed by atoms with E-state index in [0.717, 1.165) is 24.5 Å². The Labute approximate surface area is 76.5 Å². The van der Waals surface area contributed by atoms with Crippen LogP contribution >= 0.6 is 11.8 Å². The van der Waals surface area contributed by atoms with E-state index in [1.54, 1.807) is 6.33 Å². The van der Waals surface area contributed by atoms with Crippen molar-refractivity contribution in [3.05, 3.63) is 12.2 Å². The Hall–Kier alpha value is -0.550. The van der Waals surface area contributed by atoms with E-state index in [4.69, 9.17) is 5.73 Å². The van der Waals surface area contributed by atoms with Gasteiger partial charge in [0, 0.05) is 6.54 Å². The molecule has 0 bridgehead atoms. The highest BCUT2D eigenvalue weighted by molar-refractivity contribution is 7.98. The van der Waals surface area contributed by atoms with Crippen molar-refractivity contribution in [2.24, 2.45) is 5.73 Å². The summed E-state index contributed by atoms with van der Waals surface area (Å²) in [5, 5.41) is 4.08. The van der Waals surface area contributed by atoms with Crippen molar-refractivity contribution in [3.63, 3.8) is 0 Å². The van der Waals surface area contributed by atoms with Crippen LogP contribution in [0.5, 0.6) is 0 Å². The van der Waals surface area contributed by atoms with E-state index in [-0.39, 0.29) is 0 Å². The molecular weight excluding hydrogens is 172 g/mol. The first-order valence-electron chi connectivity index (χ1n) is 3.94. The molecule has 0 atom stereocenters. The van der Waals surface area contributed by atoms with Gasteiger partial charge in [-0.2, -0.15) is 16.9 Å². The molecule has 0 spiro atoms. The summed E-state index contributed by atoms with van der Waals surface area (Å²) < 4.78 is 1.87. The molecule has 0 unspecified atom stereocenters. The van der Waals surface area contributed by atoms with Crippen molar-refractivity contribution < 1.29 is 0 Å². The van der Waals surface area contributed by atoms with E-state index < -0.39 is 0 Å². The number of hydrogen-bond donors (Lipinski definition) is 1. The van der Waals surface area contributed by atoms with Gasteiger partial charge in [-0.15, -0.1) is 0 Å². The molecule has 12 heavy (non-hydrogen) atoms. The molecule has 1 rings (SSSR count). The van der Waals surface area contributed by atoms with E-state index in [1.165, 1.54) is 0 Å². The van der Waals surface area contributed by atoms with Gasteiger partial charge in [-0.3, -0.25) is 0 Å². The summed E-state index contributed by atoms with van der Waals surface area (Å²) in [4.78, 5) is 4.03. The van der Waals surface area contributed by atoms with Crippen LogP contribution in [0.2, 0.25) is 0 Å². The van der Waals surface area contributed by atoms with Crippen molar-refractivity contribution in [2.45, 2.75) is 19.5 Å². The molecule has 0 amide bonds. The summed E-state index contributed by atoms with van der Waals surface area (Å²) in [5.74, 6) is 2.03. The van der Waals surface area contributed by atoms with E-state index in [0.29, 0.717) is 6.54 Å². The Morgan fingerprint density at radius 1 is 1.67 bits per heavy atom. The molecule has 0 aliphatic rings. The van der Waals surface area contributed by atoms with Gasteiger partial charge in [0.15, 0.2) is 0 Å². The maximum Gasteiger partial charge on any atom is 0.140 e. The summed E-state index contributed by atoms with van der Waals surface area (Å²) in [6.07, 6.45) is 4.78. The SMILES string of the molecule is CSCCCn1ncnc1CN. The van der Waals surface area contributed by atoms with E-state index in [9.17, 15) is 0 Å². The van der Waals surface area contributed by atoms with Gasteiger partial charge in [0.1, 0.15) is 12.2 Å². The van der Waals surface area contributed by atoms with Crippen LogP contribution in [-0.4, -0.2) is 26.8 Å². The Morgan fingerprint density at radius 3 is 3.17 bits per heavy atom. The van der Waals surface area contributed by atoms with Crippen LogP contribution in [0.3, 0.4) is 0 Å². The van der Waals surface area contributed by atoms with E-state index in [1.807, 2.05) is 16.4 Å². The molecule has 0 saturated heterocycles. The summed E-state index contributed by atoms with van der Waals surface area (Å²) in [6.45, 7) is 1.40. The Bertz CT molecular complexity index is 223. The van der Waals surface area contributed by atoms with Crippen molar-refractivity contribution in [3.8, 4) is 0 Å². The third-order valence-corrected chi connectivity index (χ3v) is 2.29. The number of aromatic nitrogens is 3. The number of aryl methyl sites for hydroxylation is 1. The molecule has 1 heterocycles. The van der Waals surface area contributed by atoms with Crippen molar-refractivity contribution in [1.82, 2.24) is 14.8 Å². The predicted molar refractivity (Wildman–Crippen MR) is 50.9 cm³/mol. The van der Waals surface area contributed by atoms with Gasteiger partial charge in [0.05, 0.1) is 6.54 Å². The van der Waals surface area contributed by atoms with Gasteiger partial charge >= 0.3 is 0 Å². The van der Waals surface area contributed by atoms with Crippen molar-refractivity contribution in [2.75, 3.05) is 12.0 Å². The molecule has 1 aromatic heterocycles. The summed E-state index contributed by atoms with van der Waals surface area (Å²) in [6, 6.07) is 0. The van der Waals surface area contributed by atoms with Gasteiger partial charge in [-0.05, 0) is 18.4 Å². The monoisotopic (exact) mass is 186 g/mol. The zero-order valence-electron chi connectivity index (χ0n) is 7.23. The zero-order chi connectivity index (χ0) is 8.81. The molecule has 0 fully saturated rings. The molecule has 2 N–H and O–H groups in total. The minimum atomic E-state index is 0.471. The molecular formula is C7H14N4S. The molecule has 0 aliphatic carbocycles. The maximum atomic E-state index is 5.47. The number of nitrogens with zero attached hydrogens (tertiary/aromatic N) is 3. The fraction of sp³-hybridized carbons (Fsp3) is 0.714. The highest BCUT2D eigenvalue weighted by Gasteiger charge is 1.99. The first kappa shape index (κ1) is 9.54. The van der Waals surface area contributed by atoms with Crippen LogP contribution in [0.25, 0.3) is 0 Å². The third-order valence-electron chi connectivity index (χ3n) is 1.60. The Balaban J connectivity index is 2.39. The van der Waals surface area contributed by atoms with Crippen LogP contribution < -0.4 is 5.73 Å². The average molecular weight is 186 g/mol. The highest BCUT2D eigenvalue weighted by atomic mass is 32.2. The lowest BCUT2D eigenvalue weighted by molar-refractivity contribution is 0.573. The lowest BCUT2D eigenvalue weighted by Gasteiger charge is -2.02. The minimum absolute atomic E-state index is 0.471. The summed E-state index contributed by atoms with van der Waals surface area (Å²) in [7, 11) is 0. The molecule has 0 saturated carbocycles. The smallest absolute Gasteiger partial charge is 0.140 e.